The first-order chi connectivity index (χ1) is 16.0. The third-order valence-electron chi connectivity index (χ3n) is 6.68. The van der Waals surface area contributed by atoms with E-state index in [-0.39, 0.29) is 17.0 Å². The van der Waals surface area contributed by atoms with Crippen LogP contribution in [0, 0.1) is 5.41 Å². The molecule has 2 N–H and O–H groups in total. The number of hydrogen-bond acceptors (Lipinski definition) is 5. The van der Waals surface area contributed by atoms with Crippen LogP contribution in [0.1, 0.15) is 57.6 Å². The van der Waals surface area contributed by atoms with Gasteiger partial charge in [0, 0.05) is 19.2 Å². The van der Waals surface area contributed by atoms with Crippen LogP contribution in [0.2, 0.25) is 5.15 Å². The molecule has 2 heterocycles. The van der Waals surface area contributed by atoms with E-state index in [4.69, 9.17) is 16.3 Å². The van der Waals surface area contributed by atoms with Crippen LogP contribution in [0.3, 0.4) is 0 Å². The highest BCUT2D eigenvalue weighted by molar-refractivity contribution is 6.29. The Bertz CT molecular complexity index is 1050. The van der Waals surface area contributed by atoms with Gasteiger partial charge in [0.2, 0.25) is 5.91 Å². The van der Waals surface area contributed by atoms with Gasteiger partial charge in [-0.15, -0.1) is 0 Å². The first-order valence-electron chi connectivity index (χ1n) is 11.6. The third kappa shape index (κ3) is 5.36. The summed E-state index contributed by atoms with van der Waals surface area (Å²) in [6, 6.07) is 9.66. The van der Waals surface area contributed by atoms with Gasteiger partial charge in [-0.2, -0.15) is 0 Å². The molecule has 1 aromatic carbocycles. The Morgan fingerprint density at radius 1 is 1.29 bits per heavy atom. The summed E-state index contributed by atoms with van der Waals surface area (Å²) in [6.07, 6.45) is 2.83. The van der Waals surface area contributed by atoms with Gasteiger partial charge in [0.25, 0.3) is 0 Å². The van der Waals surface area contributed by atoms with Gasteiger partial charge in [0.05, 0.1) is 24.1 Å². The number of carboxylic acid groups (broad SMARTS) is 1. The Morgan fingerprint density at radius 2 is 1.97 bits per heavy atom. The van der Waals surface area contributed by atoms with Crippen molar-refractivity contribution in [2.24, 2.45) is 5.41 Å². The molecule has 8 heteroatoms. The molecule has 3 rings (SSSR count). The number of methoxy groups -OCH3 is 1. The summed E-state index contributed by atoms with van der Waals surface area (Å²) in [4.78, 5) is 31.5. The zero-order chi connectivity index (χ0) is 25.1. The van der Waals surface area contributed by atoms with Crippen molar-refractivity contribution in [1.82, 2.24) is 9.88 Å². The van der Waals surface area contributed by atoms with Crippen LogP contribution in [0.15, 0.2) is 36.5 Å². The fraction of sp³-hybridized carbons (Fsp3) is 0.500. The lowest BCUT2D eigenvalue weighted by molar-refractivity contribution is -0.147. The van der Waals surface area contributed by atoms with Crippen LogP contribution in [-0.4, -0.2) is 53.6 Å². The Balaban J connectivity index is 1.84. The summed E-state index contributed by atoms with van der Waals surface area (Å²) in [5, 5.41) is 12.7. The first-order valence-corrected chi connectivity index (χ1v) is 11.9. The number of hydrogen-bond donors (Lipinski definition) is 2. The largest absolute Gasteiger partial charge is 0.494 e. The molecule has 34 heavy (non-hydrogen) atoms. The highest BCUT2D eigenvalue weighted by Gasteiger charge is 2.51. The van der Waals surface area contributed by atoms with E-state index in [9.17, 15) is 14.7 Å². The molecule has 1 aliphatic heterocycles. The lowest BCUT2D eigenvalue weighted by Crippen LogP contribution is -2.65. The number of anilines is 1. The summed E-state index contributed by atoms with van der Waals surface area (Å²) < 4.78 is 5.39. The number of nitrogens with zero attached hydrogens (tertiary/aromatic N) is 2. The van der Waals surface area contributed by atoms with Crippen LogP contribution in [0.5, 0.6) is 5.75 Å². The van der Waals surface area contributed by atoms with E-state index in [1.54, 1.807) is 19.9 Å². The third-order valence-corrected chi connectivity index (χ3v) is 6.88. The molecule has 1 saturated heterocycles. The maximum absolute atomic E-state index is 13.8. The van der Waals surface area contributed by atoms with Crippen LogP contribution < -0.4 is 10.1 Å². The van der Waals surface area contributed by atoms with Crippen LogP contribution in [0.4, 0.5) is 5.69 Å². The van der Waals surface area contributed by atoms with Gasteiger partial charge in [-0.3, -0.25) is 9.59 Å². The number of benzene rings is 1. The van der Waals surface area contributed by atoms with E-state index in [0.29, 0.717) is 30.9 Å². The predicted octanol–water partition coefficient (Wildman–Crippen LogP) is 4.95. The van der Waals surface area contributed by atoms with Gasteiger partial charge in [0.15, 0.2) is 0 Å². The van der Waals surface area contributed by atoms with Crippen molar-refractivity contribution < 1.29 is 19.4 Å². The molecule has 2 aromatic rings. The zero-order valence-corrected chi connectivity index (χ0v) is 21.3. The molecular weight excluding hydrogens is 454 g/mol. The number of halogens is 1. The average Bonchev–Trinajstić information content (AvgIpc) is 2.76. The molecule has 0 unspecified atom stereocenters. The minimum atomic E-state index is -0.791. The van der Waals surface area contributed by atoms with E-state index in [1.165, 1.54) is 13.3 Å². The molecule has 7 nitrogen and oxygen atoms in total. The maximum atomic E-state index is 13.8. The van der Waals surface area contributed by atoms with Gasteiger partial charge in [-0.05, 0) is 50.3 Å². The summed E-state index contributed by atoms with van der Waals surface area (Å²) in [7, 11) is 1.52. The summed E-state index contributed by atoms with van der Waals surface area (Å²) in [5.74, 6) is -0.197. The van der Waals surface area contributed by atoms with E-state index in [1.807, 2.05) is 18.2 Å². The number of aromatic nitrogens is 1. The van der Waals surface area contributed by atoms with Crippen LogP contribution >= 0.6 is 11.6 Å². The van der Waals surface area contributed by atoms with Gasteiger partial charge in [0.1, 0.15) is 16.6 Å². The molecular formula is C26H34ClN3O4. The second-order valence-electron chi connectivity index (χ2n) is 9.99. The quantitative estimate of drug-likeness (QED) is 0.461. The lowest BCUT2D eigenvalue weighted by atomic mass is 9.69. The van der Waals surface area contributed by atoms with E-state index in [0.717, 1.165) is 24.1 Å². The minimum absolute atomic E-state index is 0.120. The van der Waals surface area contributed by atoms with E-state index < -0.39 is 16.8 Å². The number of aliphatic carboxylic acids is 1. The van der Waals surface area contributed by atoms with E-state index >= 15 is 0 Å². The Morgan fingerprint density at radius 3 is 2.59 bits per heavy atom. The number of pyridine rings is 1. The fourth-order valence-corrected chi connectivity index (χ4v) is 4.66. The molecule has 0 radical (unpaired) electrons. The van der Waals surface area contributed by atoms with Crippen molar-refractivity contribution in [2.75, 3.05) is 32.1 Å². The molecule has 1 aliphatic rings. The highest BCUT2D eigenvalue weighted by atomic mass is 35.5. The molecule has 1 fully saturated rings. The molecule has 1 aromatic heterocycles. The van der Waals surface area contributed by atoms with Crippen molar-refractivity contribution in [2.45, 2.75) is 51.9 Å². The monoisotopic (exact) mass is 487 g/mol. The second kappa shape index (κ2) is 10.3. The van der Waals surface area contributed by atoms with E-state index in [2.05, 4.69) is 35.1 Å². The number of carbonyl (C=O) groups is 2. The minimum Gasteiger partial charge on any atom is -0.494 e. The molecule has 0 bridgehead atoms. The fourth-order valence-electron chi connectivity index (χ4n) is 4.52. The zero-order valence-electron chi connectivity index (χ0n) is 20.5. The van der Waals surface area contributed by atoms with Crippen molar-refractivity contribution in [1.29, 1.82) is 0 Å². The summed E-state index contributed by atoms with van der Waals surface area (Å²) >= 11 is 5.98. The predicted molar refractivity (Wildman–Crippen MR) is 134 cm³/mol. The number of nitrogens with one attached hydrogen (secondary N) is 1. The Labute approximate surface area is 206 Å². The highest BCUT2D eigenvalue weighted by Crippen LogP contribution is 2.41. The molecule has 0 saturated carbocycles. The average molecular weight is 488 g/mol. The topological polar surface area (TPSA) is 91.8 Å². The Hall–Kier alpha value is -2.64. The maximum Gasteiger partial charge on any atom is 0.309 e. The molecule has 1 amide bonds. The normalized spacial score (nSPS) is 15.6. The van der Waals surface area contributed by atoms with Crippen molar-refractivity contribution in [3.05, 3.63) is 52.8 Å². The molecule has 184 valence electrons. The molecule has 0 atom stereocenters. The summed E-state index contributed by atoms with van der Waals surface area (Å²) in [6.45, 7) is 9.59. The number of ether oxygens (including phenoxy) is 1. The van der Waals surface area contributed by atoms with Crippen LogP contribution in [-0.2, 0) is 15.0 Å². The number of likely N-dealkylation sites (tertiary alicyclic amines) is 1. The van der Waals surface area contributed by atoms with Crippen molar-refractivity contribution in [3.63, 3.8) is 0 Å². The van der Waals surface area contributed by atoms with Gasteiger partial charge in [-0.1, -0.05) is 49.7 Å². The second-order valence-corrected chi connectivity index (χ2v) is 10.4. The molecule has 0 aliphatic carbocycles. The number of rotatable bonds is 10. The standard InChI is InChI=1S/C26H34ClN3O4/c1-17(2)18-9-6-7-10-19(18)26(15-30(16-26)12-8-11-25(3,4)24(32)33)23(31)29-20-14-28-22(27)13-21(20)34-5/h6-7,9-10,13-14,17H,8,11-12,15-16H2,1-5H3,(H,29,31)(H,32,33). The molecule has 0 spiro atoms. The number of carbonyl (C=O) groups excluding carboxylic acids is 1. The Kier molecular flexibility index (Phi) is 7.88. The SMILES string of the molecule is COc1cc(Cl)ncc1NC(=O)C1(c2ccccc2C(C)C)CN(CCCC(C)(C)C(=O)O)C1. The lowest BCUT2D eigenvalue weighted by Gasteiger charge is -2.50. The summed E-state index contributed by atoms with van der Waals surface area (Å²) in [5.41, 5.74) is 1.14. The number of amides is 1. The van der Waals surface area contributed by atoms with Crippen LogP contribution in [0.25, 0.3) is 0 Å². The van der Waals surface area contributed by atoms with Gasteiger partial charge in [-0.25, -0.2) is 4.98 Å². The van der Waals surface area contributed by atoms with Gasteiger partial charge < -0.3 is 20.1 Å². The number of carboxylic acids is 1. The van der Waals surface area contributed by atoms with Crippen molar-refractivity contribution in [3.8, 4) is 5.75 Å². The van der Waals surface area contributed by atoms with Gasteiger partial charge >= 0.3 is 5.97 Å². The van der Waals surface area contributed by atoms with Crippen molar-refractivity contribution >= 4 is 29.2 Å². The smallest absolute Gasteiger partial charge is 0.309 e. The first kappa shape index (κ1) is 26.0.